The maximum absolute atomic E-state index is 13.1. The number of halogens is 1. The molecule has 4 nitrogen and oxygen atoms in total. The Kier molecular flexibility index (Phi) is 5.35. The number of nitrogens with one attached hydrogen (secondary N) is 1. The van der Waals surface area contributed by atoms with E-state index in [4.69, 9.17) is 0 Å². The molecule has 1 aliphatic heterocycles. The van der Waals surface area contributed by atoms with Gasteiger partial charge >= 0.3 is 0 Å². The molecule has 1 N–H and O–H groups in total. The van der Waals surface area contributed by atoms with Crippen LogP contribution < -0.4 is 5.32 Å². The fourth-order valence-corrected chi connectivity index (χ4v) is 3.44. The minimum absolute atomic E-state index is 0.0277. The van der Waals surface area contributed by atoms with Crippen molar-refractivity contribution >= 4 is 11.8 Å². The summed E-state index contributed by atoms with van der Waals surface area (Å²) in [7, 11) is 0. The van der Waals surface area contributed by atoms with Crippen LogP contribution in [0, 0.1) is 5.82 Å². The topological polar surface area (TPSA) is 49.4 Å². The third kappa shape index (κ3) is 3.62. The molecule has 3 rings (SSSR count). The minimum atomic E-state index is -0.629. The zero-order valence-electron chi connectivity index (χ0n) is 15.0. The first-order valence-corrected chi connectivity index (χ1v) is 8.94. The van der Waals surface area contributed by atoms with Gasteiger partial charge in [-0.25, -0.2) is 4.39 Å². The van der Waals surface area contributed by atoms with Gasteiger partial charge in [0.15, 0.2) is 0 Å². The number of carbonyl (C=O) groups is 2. The molecular weight excluding hydrogens is 331 g/mol. The summed E-state index contributed by atoms with van der Waals surface area (Å²) in [5, 5.41) is 2.98. The molecule has 0 fully saturated rings. The first kappa shape index (κ1) is 18.1. The average Bonchev–Trinajstić information content (AvgIpc) is 2.62. The molecule has 0 saturated carbocycles. The van der Waals surface area contributed by atoms with E-state index >= 15 is 0 Å². The largest absolute Gasteiger partial charge is 0.347 e. The molecule has 0 aromatic heterocycles. The Bertz CT molecular complexity index is 804. The molecule has 0 radical (unpaired) electrons. The lowest BCUT2D eigenvalue weighted by molar-refractivity contribution is -0.141. The van der Waals surface area contributed by atoms with Crippen LogP contribution >= 0.6 is 0 Å². The number of amides is 2. The van der Waals surface area contributed by atoms with Crippen molar-refractivity contribution in [2.45, 2.75) is 38.8 Å². The van der Waals surface area contributed by atoms with Crippen molar-refractivity contribution in [1.29, 1.82) is 0 Å². The second-order valence-electron chi connectivity index (χ2n) is 6.65. The van der Waals surface area contributed by atoms with Gasteiger partial charge in [-0.2, -0.15) is 0 Å². The SMILES string of the molecule is CCCN1C(=O)Cc2ccccc2[C@H]1C(=O)N[C@H](C)c1ccc(F)cc1. The van der Waals surface area contributed by atoms with E-state index in [0.717, 1.165) is 23.1 Å². The van der Waals surface area contributed by atoms with Gasteiger partial charge in [0.1, 0.15) is 11.9 Å². The van der Waals surface area contributed by atoms with Crippen LogP contribution in [-0.4, -0.2) is 23.3 Å². The molecular formula is C21H23FN2O2. The molecule has 0 saturated heterocycles. The third-order valence-corrected chi connectivity index (χ3v) is 4.77. The number of nitrogens with zero attached hydrogens (tertiary/aromatic N) is 1. The van der Waals surface area contributed by atoms with E-state index in [9.17, 15) is 14.0 Å². The zero-order chi connectivity index (χ0) is 18.7. The summed E-state index contributed by atoms with van der Waals surface area (Å²) in [6, 6.07) is 12.7. The molecule has 5 heteroatoms. The summed E-state index contributed by atoms with van der Waals surface area (Å²) < 4.78 is 13.1. The fraction of sp³-hybridized carbons (Fsp3) is 0.333. The van der Waals surface area contributed by atoms with Gasteiger partial charge in [0, 0.05) is 6.54 Å². The van der Waals surface area contributed by atoms with Gasteiger partial charge in [-0.05, 0) is 42.2 Å². The zero-order valence-corrected chi connectivity index (χ0v) is 15.0. The van der Waals surface area contributed by atoms with Crippen molar-refractivity contribution in [2.24, 2.45) is 0 Å². The lowest BCUT2D eigenvalue weighted by atomic mass is 9.91. The van der Waals surface area contributed by atoms with Crippen LogP contribution in [-0.2, 0) is 16.0 Å². The Labute approximate surface area is 153 Å². The summed E-state index contributed by atoms with van der Waals surface area (Å²) in [5.74, 6) is -0.552. The third-order valence-electron chi connectivity index (χ3n) is 4.77. The van der Waals surface area contributed by atoms with Gasteiger partial charge in [-0.3, -0.25) is 9.59 Å². The first-order chi connectivity index (χ1) is 12.5. The van der Waals surface area contributed by atoms with E-state index in [-0.39, 0.29) is 23.7 Å². The van der Waals surface area contributed by atoms with Crippen molar-refractivity contribution in [3.8, 4) is 0 Å². The lowest BCUT2D eigenvalue weighted by Crippen LogP contribution is -2.48. The summed E-state index contributed by atoms with van der Waals surface area (Å²) in [5.41, 5.74) is 2.60. The molecule has 2 atom stereocenters. The molecule has 1 heterocycles. The van der Waals surface area contributed by atoms with Crippen LogP contribution in [0.25, 0.3) is 0 Å². The van der Waals surface area contributed by atoms with Gasteiger partial charge in [0.05, 0.1) is 12.5 Å². The van der Waals surface area contributed by atoms with Crippen LogP contribution in [0.3, 0.4) is 0 Å². The molecule has 0 aliphatic carbocycles. The van der Waals surface area contributed by atoms with E-state index in [0.29, 0.717) is 13.0 Å². The Morgan fingerprint density at radius 1 is 1.23 bits per heavy atom. The average molecular weight is 354 g/mol. The molecule has 0 unspecified atom stereocenters. The van der Waals surface area contributed by atoms with Crippen LogP contribution in [0.1, 0.15) is 49.0 Å². The number of hydrogen-bond acceptors (Lipinski definition) is 2. The number of rotatable bonds is 5. The predicted octanol–water partition coefficient (Wildman–Crippen LogP) is 3.54. The first-order valence-electron chi connectivity index (χ1n) is 8.94. The second-order valence-corrected chi connectivity index (χ2v) is 6.65. The molecule has 1 aliphatic rings. The monoisotopic (exact) mass is 354 g/mol. The molecule has 136 valence electrons. The number of fused-ring (bicyclic) bond motifs is 1. The second kappa shape index (κ2) is 7.68. The Morgan fingerprint density at radius 2 is 1.92 bits per heavy atom. The molecule has 0 bridgehead atoms. The van der Waals surface area contributed by atoms with Gasteiger partial charge < -0.3 is 10.2 Å². The number of benzene rings is 2. The van der Waals surface area contributed by atoms with Crippen molar-refractivity contribution in [2.75, 3.05) is 6.54 Å². The maximum atomic E-state index is 13.1. The maximum Gasteiger partial charge on any atom is 0.247 e. The number of carbonyl (C=O) groups excluding carboxylic acids is 2. The highest BCUT2D eigenvalue weighted by molar-refractivity contribution is 5.92. The van der Waals surface area contributed by atoms with Gasteiger partial charge in [-0.1, -0.05) is 43.3 Å². The predicted molar refractivity (Wildman–Crippen MR) is 97.8 cm³/mol. The normalized spacial score (nSPS) is 17.6. The van der Waals surface area contributed by atoms with Crippen molar-refractivity contribution < 1.29 is 14.0 Å². The van der Waals surface area contributed by atoms with E-state index in [1.165, 1.54) is 12.1 Å². The summed E-state index contributed by atoms with van der Waals surface area (Å²) in [6.45, 7) is 4.38. The van der Waals surface area contributed by atoms with Crippen molar-refractivity contribution in [1.82, 2.24) is 10.2 Å². The van der Waals surface area contributed by atoms with Crippen LogP contribution in [0.5, 0.6) is 0 Å². The van der Waals surface area contributed by atoms with E-state index in [1.54, 1.807) is 17.0 Å². The van der Waals surface area contributed by atoms with Gasteiger partial charge in [0.25, 0.3) is 0 Å². The smallest absolute Gasteiger partial charge is 0.247 e. The molecule has 2 aromatic rings. The molecule has 2 amide bonds. The van der Waals surface area contributed by atoms with E-state index in [1.807, 2.05) is 38.1 Å². The Hall–Kier alpha value is -2.69. The standard InChI is InChI=1S/C21H23FN2O2/c1-3-12-24-19(25)13-16-6-4-5-7-18(16)20(24)21(26)23-14(2)15-8-10-17(22)11-9-15/h4-11,14,20H,3,12-13H2,1-2H3,(H,23,26)/t14-,20+/m1/s1. The summed E-state index contributed by atoms with van der Waals surface area (Å²) >= 11 is 0. The molecule has 2 aromatic carbocycles. The highest BCUT2D eigenvalue weighted by atomic mass is 19.1. The Balaban J connectivity index is 1.87. The summed E-state index contributed by atoms with van der Waals surface area (Å²) in [4.78, 5) is 27.3. The minimum Gasteiger partial charge on any atom is -0.347 e. The fourth-order valence-electron chi connectivity index (χ4n) is 3.44. The van der Waals surface area contributed by atoms with Gasteiger partial charge in [-0.15, -0.1) is 0 Å². The quantitative estimate of drug-likeness (QED) is 0.893. The van der Waals surface area contributed by atoms with E-state index < -0.39 is 6.04 Å². The lowest BCUT2D eigenvalue weighted by Gasteiger charge is -2.36. The summed E-state index contributed by atoms with van der Waals surface area (Å²) in [6.07, 6.45) is 1.11. The highest BCUT2D eigenvalue weighted by Gasteiger charge is 2.36. The molecule has 26 heavy (non-hydrogen) atoms. The van der Waals surface area contributed by atoms with Crippen LogP contribution in [0.4, 0.5) is 4.39 Å². The van der Waals surface area contributed by atoms with Crippen LogP contribution in [0.2, 0.25) is 0 Å². The van der Waals surface area contributed by atoms with Crippen LogP contribution in [0.15, 0.2) is 48.5 Å². The van der Waals surface area contributed by atoms with Gasteiger partial charge in [0.2, 0.25) is 11.8 Å². The number of hydrogen-bond donors (Lipinski definition) is 1. The van der Waals surface area contributed by atoms with Crippen molar-refractivity contribution in [3.05, 3.63) is 71.0 Å². The molecule has 0 spiro atoms. The highest BCUT2D eigenvalue weighted by Crippen LogP contribution is 2.31. The van der Waals surface area contributed by atoms with Crippen molar-refractivity contribution in [3.63, 3.8) is 0 Å². The van der Waals surface area contributed by atoms with E-state index in [2.05, 4.69) is 5.32 Å². The Morgan fingerprint density at radius 3 is 2.62 bits per heavy atom.